The number of aryl methyl sites for hydroxylation is 1. The van der Waals surface area contributed by atoms with Gasteiger partial charge in [-0.3, -0.25) is 18.6 Å². The highest BCUT2D eigenvalue weighted by molar-refractivity contribution is 7.99. The molecule has 0 aliphatic carbocycles. The lowest BCUT2D eigenvalue weighted by molar-refractivity contribution is -0.113. The van der Waals surface area contributed by atoms with Gasteiger partial charge in [0.15, 0.2) is 5.16 Å². The molecule has 162 valence electrons. The Kier molecular flexibility index (Phi) is 6.05. The smallest absolute Gasteiger partial charge is 0.272 e. The van der Waals surface area contributed by atoms with Crippen LogP contribution in [0.3, 0.4) is 0 Å². The molecule has 0 fully saturated rings. The molecule has 0 bridgehead atoms. The predicted molar refractivity (Wildman–Crippen MR) is 118 cm³/mol. The molecule has 0 spiro atoms. The van der Waals surface area contributed by atoms with Crippen molar-refractivity contribution in [2.75, 3.05) is 11.1 Å². The fraction of sp³-hybridized carbons (Fsp3) is 0.300. The van der Waals surface area contributed by atoms with Gasteiger partial charge in [-0.05, 0) is 35.9 Å². The Bertz CT molecular complexity index is 1330. The summed E-state index contributed by atoms with van der Waals surface area (Å²) in [7, 11) is 0. The van der Waals surface area contributed by atoms with Crippen LogP contribution in [0.15, 0.2) is 39.6 Å². The third-order valence-corrected chi connectivity index (χ3v) is 6.47. The molecule has 1 amide bonds. The van der Waals surface area contributed by atoms with E-state index in [1.54, 1.807) is 8.97 Å². The maximum absolute atomic E-state index is 13.8. The normalized spacial score (nSPS) is 11.6. The molecule has 3 heterocycles. The number of benzene rings is 1. The fourth-order valence-electron chi connectivity index (χ4n) is 3.09. The zero-order valence-corrected chi connectivity index (χ0v) is 18.4. The molecule has 0 radical (unpaired) electrons. The van der Waals surface area contributed by atoms with E-state index in [9.17, 15) is 18.4 Å². The van der Waals surface area contributed by atoms with Crippen molar-refractivity contribution in [2.24, 2.45) is 5.92 Å². The third-order valence-electron chi connectivity index (χ3n) is 4.65. The Labute approximate surface area is 184 Å². The van der Waals surface area contributed by atoms with Gasteiger partial charge in [0.1, 0.15) is 16.3 Å². The van der Waals surface area contributed by atoms with Gasteiger partial charge in [0, 0.05) is 12.6 Å². The van der Waals surface area contributed by atoms with E-state index in [2.05, 4.69) is 29.4 Å². The van der Waals surface area contributed by atoms with Gasteiger partial charge < -0.3 is 5.32 Å². The van der Waals surface area contributed by atoms with Crippen LogP contribution in [0, 0.1) is 17.6 Å². The van der Waals surface area contributed by atoms with E-state index in [0.29, 0.717) is 33.6 Å². The number of rotatable bonds is 7. The number of thiophene rings is 1. The summed E-state index contributed by atoms with van der Waals surface area (Å²) in [4.78, 5) is 25.2. The van der Waals surface area contributed by atoms with Crippen molar-refractivity contribution in [3.05, 3.63) is 51.6 Å². The molecule has 11 heteroatoms. The number of thioether (sulfide) groups is 1. The van der Waals surface area contributed by atoms with Crippen molar-refractivity contribution in [1.82, 2.24) is 19.2 Å². The van der Waals surface area contributed by atoms with Gasteiger partial charge in [-0.25, -0.2) is 8.78 Å². The molecule has 0 aliphatic heterocycles. The summed E-state index contributed by atoms with van der Waals surface area (Å²) in [6.45, 7) is 4.67. The van der Waals surface area contributed by atoms with Gasteiger partial charge in [0.05, 0.1) is 17.0 Å². The van der Waals surface area contributed by atoms with Crippen LogP contribution in [0.1, 0.15) is 20.3 Å². The van der Waals surface area contributed by atoms with Crippen LogP contribution >= 0.6 is 23.1 Å². The van der Waals surface area contributed by atoms with E-state index in [4.69, 9.17) is 0 Å². The number of halogens is 2. The van der Waals surface area contributed by atoms with E-state index in [-0.39, 0.29) is 17.0 Å². The fourth-order valence-corrected chi connectivity index (χ4v) is 4.66. The first-order chi connectivity index (χ1) is 14.8. The number of nitrogens with zero attached hydrogens (tertiary/aromatic N) is 4. The highest BCUT2D eigenvalue weighted by Gasteiger charge is 2.19. The quantitative estimate of drug-likeness (QED) is 0.416. The number of carbonyl (C=O) groups is 1. The second-order valence-electron chi connectivity index (χ2n) is 7.35. The molecule has 1 aromatic carbocycles. The molecule has 0 unspecified atom stereocenters. The second kappa shape index (κ2) is 8.75. The van der Waals surface area contributed by atoms with Crippen LogP contribution in [0.5, 0.6) is 0 Å². The molecule has 31 heavy (non-hydrogen) atoms. The van der Waals surface area contributed by atoms with Gasteiger partial charge in [-0.1, -0.05) is 25.6 Å². The number of hydrogen-bond acceptors (Lipinski definition) is 6. The van der Waals surface area contributed by atoms with Crippen molar-refractivity contribution < 1.29 is 13.6 Å². The number of nitrogens with one attached hydrogen (secondary N) is 1. The van der Waals surface area contributed by atoms with E-state index < -0.39 is 17.5 Å². The summed E-state index contributed by atoms with van der Waals surface area (Å²) < 4.78 is 31.0. The van der Waals surface area contributed by atoms with E-state index in [0.717, 1.165) is 36.4 Å². The molecular weight excluding hydrogens is 444 g/mol. The zero-order chi connectivity index (χ0) is 22.1. The van der Waals surface area contributed by atoms with Gasteiger partial charge in [-0.15, -0.1) is 21.5 Å². The number of amides is 1. The average molecular weight is 464 g/mol. The minimum absolute atomic E-state index is 0.0898. The van der Waals surface area contributed by atoms with Crippen LogP contribution in [-0.4, -0.2) is 30.8 Å². The molecule has 3 aromatic heterocycles. The largest absolute Gasteiger partial charge is 0.323 e. The maximum atomic E-state index is 13.8. The minimum Gasteiger partial charge on any atom is -0.323 e. The lowest BCUT2D eigenvalue weighted by atomic mass is 10.1. The molecule has 0 saturated carbocycles. The Balaban J connectivity index is 1.62. The number of carbonyl (C=O) groups excluding carboxylic acids is 1. The van der Waals surface area contributed by atoms with Gasteiger partial charge in [0.25, 0.3) is 5.56 Å². The minimum atomic E-state index is -0.721. The first-order valence-corrected chi connectivity index (χ1v) is 11.4. The second-order valence-corrected chi connectivity index (χ2v) is 9.21. The monoisotopic (exact) mass is 463 g/mol. The zero-order valence-electron chi connectivity index (χ0n) is 16.8. The number of anilines is 1. The predicted octanol–water partition coefficient (Wildman–Crippen LogP) is 4.16. The lowest BCUT2D eigenvalue weighted by Crippen LogP contribution is -2.23. The van der Waals surface area contributed by atoms with Crippen molar-refractivity contribution in [3.8, 4) is 0 Å². The Morgan fingerprint density at radius 2 is 2.06 bits per heavy atom. The van der Waals surface area contributed by atoms with Crippen LogP contribution in [0.25, 0.3) is 16.0 Å². The average Bonchev–Trinajstić information content (AvgIpc) is 3.36. The van der Waals surface area contributed by atoms with Gasteiger partial charge in [-0.2, -0.15) is 0 Å². The summed E-state index contributed by atoms with van der Waals surface area (Å²) in [5.74, 6) is -1.15. The summed E-state index contributed by atoms with van der Waals surface area (Å²) >= 11 is 2.44. The van der Waals surface area contributed by atoms with Crippen LogP contribution in [-0.2, 0) is 11.3 Å². The van der Waals surface area contributed by atoms with Crippen molar-refractivity contribution >= 4 is 50.7 Å². The van der Waals surface area contributed by atoms with Gasteiger partial charge in [0.2, 0.25) is 11.7 Å². The van der Waals surface area contributed by atoms with Crippen LogP contribution in [0.2, 0.25) is 0 Å². The third kappa shape index (κ3) is 4.33. The number of aromatic nitrogens is 4. The summed E-state index contributed by atoms with van der Waals surface area (Å²) in [5, 5.41) is 13.0. The van der Waals surface area contributed by atoms with Crippen LogP contribution < -0.4 is 10.9 Å². The highest BCUT2D eigenvalue weighted by Crippen LogP contribution is 2.25. The summed E-state index contributed by atoms with van der Waals surface area (Å²) in [6, 6.07) is 4.67. The van der Waals surface area contributed by atoms with Crippen molar-refractivity contribution in [1.29, 1.82) is 0 Å². The van der Waals surface area contributed by atoms with E-state index >= 15 is 0 Å². The topological polar surface area (TPSA) is 81.3 Å². The molecule has 0 atom stereocenters. The number of fused-ring (bicyclic) bond motifs is 3. The SMILES string of the molecule is CC(C)CCn1c(=O)c2sccc2n2c(SCC(=O)Nc3cc(F)ccc3F)nnc12. The standard InChI is InChI=1S/C20H19F2N5O2S2/c1-11(2)5-7-26-18(29)17-15(6-8-30-17)27-19(26)24-25-20(27)31-10-16(28)23-14-9-12(21)3-4-13(14)22/h3-4,6,8-9,11H,5,7,10H2,1-2H3,(H,23,28). The van der Waals surface area contributed by atoms with Gasteiger partial charge >= 0.3 is 0 Å². The maximum Gasteiger partial charge on any atom is 0.272 e. The molecule has 0 aliphatic rings. The van der Waals surface area contributed by atoms with E-state index in [1.165, 1.54) is 11.3 Å². The lowest BCUT2D eigenvalue weighted by Gasteiger charge is -2.10. The molecule has 1 N–H and O–H groups in total. The van der Waals surface area contributed by atoms with Crippen molar-refractivity contribution in [3.63, 3.8) is 0 Å². The first-order valence-electron chi connectivity index (χ1n) is 9.58. The highest BCUT2D eigenvalue weighted by atomic mass is 32.2. The summed E-state index contributed by atoms with van der Waals surface area (Å²) in [5.41, 5.74) is 0.343. The van der Waals surface area contributed by atoms with Crippen LogP contribution in [0.4, 0.5) is 14.5 Å². The Hall–Kier alpha value is -2.79. The summed E-state index contributed by atoms with van der Waals surface area (Å²) in [6.07, 6.45) is 0.809. The molecule has 4 aromatic rings. The number of hydrogen-bond donors (Lipinski definition) is 1. The Morgan fingerprint density at radius 3 is 2.84 bits per heavy atom. The molecule has 0 saturated heterocycles. The van der Waals surface area contributed by atoms with Crippen molar-refractivity contribution in [2.45, 2.75) is 32.0 Å². The molecule has 4 rings (SSSR count). The van der Waals surface area contributed by atoms with E-state index in [1.807, 2.05) is 11.4 Å². The first kappa shape index (κ1) is 21.4. The molecule has 7 nitrogen and oxygen atoms in total. The molecular formula is C20H19F2N5O2S2. The Morgan fingerprint density at radius 1 is 1.26 bits per heavy atom.